The molecule has 0 amide bonds. The highest BCUT2D eigenvalue weighted by atomic mass is 32.2. The van der Waals surface area contributed by atoms with Crippen LogP contribution in [0, 0.1) is 0 Å². The Hall–Kier alpha value is -2.20. The van der Waals surface area contributed by atoms with E-state index in [0.717, 1.165) is 34.5 Å². The van der Waals surface area contributed by atoms with Crippen molar-refractivity contribution in [3.8, 4) is 0 Å². The third-order valence-electron chi connectivity index (χ3n) is 4.35. The Morgan fingerprint density at radius 1 is 1.17 bits per heavy atom. The molecule has 3 aromatic rings. The van der Waals surface area contributed by atoms with Crippen molar-refractivity contribution in [1.29, 1.82) is 0 Å². The zero-order chi connectivity index (χ0) is 15.8. The van der Waals surface area contributed by atoms with Crippen molar-refractivity contribution in [2.75, 3.05) is 11.9 Å². The first-order valence-electron chi connectivity index (χ1n) is 7.83. The molecule has 1 aromatic heterocycles. The van der Waals surface area contributed by atoms with Crippen molar-refractivity contribution in [3.05, 3.63) is 70.0 Å². The maximum Gasteiger partial charge on any atom is 0.272 e. The summed E-state index contributed by atoms with van der Waals surface area (Å²) in [5.41, 5.74) is 4.13. The molecule has 116 valence electrons. The maximum atomic E-state index is 12.1. The van der Waals surface area contributed by atoms with Gasteiger partial charge >= 0.3 is 0 Å². The van der Waals surface area contributed by atoms with E-state index in [-0.39, 0.29) is 5.56 Å². The number of rotatable bonds is 3. The van der Waals surface area contributed by atoms with Gasteiger partial charge in [0, 0.05) is 34.0 Å². The topological polar surface area (TPSA) is 44.9 Å². The van der Waals surface area contributed by atoms with Crippen LogP contribution < -0.4 is 10.9 Å². The molecule has 2 N–H and O–H groups in total. The summed E-state index contributed by atoms with van der Waals surface area (Å²) in [6.07, 6.45) is 0. The van der Waals surface area contributed by atoms with Crippen LogP contribution in [0.1, 0.15) is 24.0 Å². The van der Waals surface area contributed by atoms with Gasteiger partial charge in [0.25, 0.3) is 5.56 Å². The number of fused-ring (bicyclic) bond motifs is 3. The smallest absolute Gasteiger partial charge is 0.272 e. The van der Waals surface area contributed by atoms with E-state index in [1.165, 1.54) is 10.5 Å². The van der Waals surface area contributed by atoms with Crippen LogP contribution in [0.25, 0.3) is 10.9 Å². The average molecular weight is 322 g/mol. The zero-order valence-corrected chi connectivity index (χ0v) is 13.7. The molecule has 3 nitrogen and oxygen atoms in total. The number of anilines is 1. The molecule has 4 heteroatoms. The highest BCUT2D eigenvalue weighted by Gasteiger charge is 2.23. The zero-order valence-electron chi connectivity index (χ0n) is 12.9. The van der Waals surface area contributed by atoms with Crippen molar-refractivity contribution in [1.82, 2.24) is 4.98 Å². The van der Waals surface area contributed by atoms with E-state index in [4.69, 9.17) is 0 Å². The van der Waals surface area contributed by atoms with Gasteiger partial charge in [0.15, 0.2) is 0 Å². The fraction of sp³-hybridized carbons (Fsp3) is 0.211. The van der Waals surface area contributed by atoms with Gasteiger partial charge in [0.2, 0.25) is 0 Å². The predicted molar refractivity (Wildman–Crippen MR) is 97.5 cm³/mol. The summed E-state index contributed by atoms with van der Waals surface area (Å²) in [5, 5.41) is 4.40. The number of benzene rings is 2. The number of thioether (sulfide) groups is 1. The normalized spacial score (nSPS) is 16.3. The van der Waals surface area contributed by atoms with Gasteiger partial charge in [-0.3, -0.25) is 4.79 Å². The molecule has 1 aliphatic heterocycles. The Labute approximate surface area is 139 Å². The lowest BCUT2D eigenvalue weighted by Gasteiger charge is -2.10. The van der Waals surface area contributed by atoms with Crippen molar-refractivity contribution >= 4 is 28.4 Å². The second-order valence-electron chi connectivity index (χ2n) is 6.01. The van der Waals surface area contributed by atoms with Crippen LogP contribution in [0.3, 0.4) is 0 Å². The maximum absolute atomic E-state index is 12.1. The SMILES string of the molecule is CC1CNc2c1c1cc(SCc3ccccc3)ccc1[nH]c2=O. The van der Waals surface area contributed by atoms with Gasteiger partial charge < -0.3 is 10.3 Å². The molecule has 0 saturated carbocycles. The Kier molecular flexibility index (Phi) is 3.62. The van der Waals surface area contributed by atoms with Crippen LogP contribution >= 0.6 is 11.8 Å². The Morgan fingerprint density at radius 3 is 2.83 bits per heavy atom. The number of H-pyrrole nitrogens is 1. The Bertz CT molecular complexity index is 918. The molecule has 0 fully saturated rings. The van der Waals surface area contributed by atoms with Gasteiger partial charge in [0.1, 0.15) is 5.69 Å². The summed E-state index contributed by atoms with van der Waals surface area (Å²) in [7, 11) is 0. The van der Waals surface area contributed by atoms with E-state index in [1.54, 1.807) is 0 Å². The van der Waals surface area contributed by atoms with Gasteiger partial charge in [-0.1, -0.05) is 37.3 Å². The minimum absolute atomic E-state index is 0.0125. The molecule has 0 bridgehead atoms. The lowest BCUT2D eigenvalue weighted by molar-refractivity contribution is 0.860. The number of nitrogens with one attached hydrogen (secondary N) is 2. The highest BCUT2D eigenvalue weighted by Crippen LogP contribution is 2.36. The van der Waals surface area contributed by atoms with E-state index in [9.17, 15) is 4.79 Å². The third-order valence-corrected chi connectivity index (χ3v) is 5.42. The number of pyridine rings is 1. The monoisotopic (exact) mass is 322 g/mol. The Balaban J connectivity index is 1.72. The first-order chi connectivity index (χ1) is 11.2. The summed E-state index contributed by atoms with van der Waals surface area (Å²) in [6, 6.07) is 16.8. The van der Waals surface area contributed by atoms with Crippen LogP contribution in [0.15, 0.2) is 58.2 Å². The summed E-state index contributed by atoms with van der Waals surface area (Å²) in [6.45, 7) is 3.00. The first-order valence-corrected chi connectivity index (χ1v) is 8.81. The number of aromatic amines is 1. The van der Waals surface area contributed by atoms with Gasteiger partial charge in [0.05, 0.1) is 0 Å². The molecule has 23 heavy (non-hydrogen) atoms. The molecule has 2 aromatic carbocycles. The van der Waals surface area contributed by atoms with E-state index in [0.29, 0.717) is 5.92 Å². The number of aromatic nitrogens is 1. The summed E-state index contributed by atoms with van der Waals surface area (Å²) >= 11 is 1.83. The molecule has 0 spiro atoms. The average Bonchev–Trinajstić information content (AvgIpc) is 2.97. The molecule has 4 rings (SSSR count). The molecular formula is C19H18N2OS. The quantitative estimate of drug-likeness (QED) is 0.705. The second-order valence-corrected chi connectivity index (χ2v) is 7.06. The molecule has 1 unspecified atom stereocenters. The third kappa shape index (κ3) is 2.63. The van der Waals surface area contributed by atoms with Crippen molar-refractivity contribution in [2.24, 2.45) is 0 Å². The summed E-state index contributed by atoms with van der Waals surface area (Å²) < 4.78 is 0. The van der Waals surface area contributed by atoms with Crippen LogP contribution in [0.2, 0.25) is 0 Å². The van der Waals surface area contributed by atoms with Crippen LogP contribution in [0.5, 0.6) is 0 Å². The van der Waals surface area contributed by atoms with Crippen LogP contribution in [0.4, 0.5) is 5.69 Å². The highest BCUT2D eigenvalue weighted by molar-refractivity contribution is 7.98. The predicted octanol–water partition coefficient (Wildman–Crippen LogP) is 4.35. The van der Waals surface area contributed by atoms with Crippen molar-refractivity contribution in [2.45, 2.75) is 23.5 Å². The largest absolute Gasteiger partial charge is 0.380 e. The lowest BCUT2D eigenvalue weighted by atomic mass is 9.99. The molecule has 0 radical (unpaired) electrons. The molecule has 1 aliphatic rings. The minimum atomic E-state index is -0.0125. The van der Waals surface area contributed by atoms with Gasteiger partial charge in [-0.15, -0.1) is 11.8 Å². The van der Waals surface area contributed by atoms with E-state index >= 15 is 0 Å². The molecular weight excluding hydrogens is 304 g/mol. The van der Waals surface area contributed by atoms with Crippen LogP contribution in [-0.4, -0.2) is 11.5 Å². The molecule has 2 heterocycles. The van der Waals surface area contributed by atoms with E-state index in [1.807, 2.05) is 23.9 Å². The summed E-state index contributed by atoms with van der Waals surface area (Å²) in [5.74, 6) is 1.32. The fourth-order valence-electron chi connectivity index (χ4n) is 3.17. The van der Waals surface area contributed by atoms with Gasteiger partial charge in [-0.25, -0.2) is 0 Å². The summed E-state index contributed by atoms with van der Waals surface area (Å²) in [4.78, 5) is 16.4. The number of hydrogen-bond acceptors (Lipinski definition) is 3. The first kappa shape index (κ1) is 14.4. The van der Waals surface area contributed by atoms with Crippen molar-refractivity contribution < 1.29 is 0 Å². The lowest BCUT2D eigenvalue weighted by Crippen LogP contribution is -2.11. The standard InChI is InChI=1S/C19H18N2OS/c1-12-10-20-18-17(12)15-9-14(7-8-16(15)21-19(18)22)23-11-13-5-3-2-4-6-13/h2-9,12,20H,10-11H2,1H3,(H,21,22). The van der Waals surface area contributed by atoms with E-state index in [2.05, 4.69) is 53.6 Å². The van der Waals surface area contributed by atoms with Gasteiger partial charge in [-0.2, -0.15) is 0 Å². The Morgan fingerprint density at radius 2 is 2.00 bits per heavy atom. The van der Waals surface area contributed by atoms with Crippen LogP contribution in [-0.2, 0) is 5.75 Å². The number of hydrogen-bond donors (Lipinski definition) is 2. The minimum Gasteiger partial charge on any atom is -0.380 e. The molecule has 1 atom stereocenters. The molecule has 0 aliphatic carbocycles. The molecule has 0 saturated heterocycles. The fourth-order valence-corrected chi connectivity index (χ4v) is 4.06. The van der Waals surface area contributed by atoms with Gasteiger partial charge in [-0.05, 0) is 29.3 Å². The van der Waals surface area contributed by atoms with E-state index < -0.39 is 0 Å². The van der Waals surface area contributed by atoms with Crippen molar-refractivity contribution in [3.63, 3.8) is 0 Å². The second kappa shape index (κ2) is 5.78.